The number of aliphatic hydroxyl groups excluding tert-OH is 1. The fourth-order valence-corrected chi connectivity index (χ4v) is 2.77. The van der Waals surface area contributed by atoms with Crippen LogP contribution < -0.4 is 5.32 Å². The first-order valence-corrected chi connectivity index (χ1v) is 8.23. The highest BCUT2D eigenvalue weighted by Gasteiger charge is 2.33. The molecule has 1 saturated heterocycles. The van der Waals surface area contributed by atoms with Crippen LogP contribution in [-0.4, -0.2) is 47.1 Å². The van der Waals surface area contributed by atoms with Crippen LogP contribution in [0, 0.1) is 11.8 Å². The Morgan fingerprint density at radius 1 is 1.26 bits per heavy atom. The Kier molecular flexibility index (Phi) is 5.77. The van der Waals surface area contributed by atoms with Gasteiger partial charge in [-0.15, -0.1) is 0 Å². The van der Waals surface area contributed by atoms with Crippen LogP contribution in [0.25, 0.3) is 0 Å². The van der Waals surface area contributed by atoms with E-state index < -0.39 is 12.1 Å². The summed E-state index contributed by atoms with van der Waals surface area (Å²) in [6, 6.07) is 8.31. The number of rotatable bonds is 4. The smallest absolute Gasteiger partial charge is 0.251 e. The second-order valence-electron chi connectivity index (χ2n) is 6.68. The first-order valence-electron chi connectivity index (χ1n) is 8.23. The topological polar surface area (TPSA) is 69.6 Å². The Labute approximate surface area is 137 Å². The van der Waals surface area contributed by atoms with Gasteiger partial charge in [0.15, 0.2) is 0 Å². The van der Waals surface area contributed by atoms with Crippen LogP contribution in [0.1, 0.15) is 37.6 Å². The molecule has 126 valence electrons. The van der Waals surface area contributed by atoms with E-state index in [1.807, 2.05) is 26.8 Å². The third kappa shape index (κ3) is 4.32. The highest BCUT2D eigenvalue weighted by Crippen LogP contribution is 2.19. The Morgan fingerprint density at radius 3 is 2.48 bits per heavy atom. The van der Waals surface area contributed by atoms with Crippen LogP contribution in [0.3, 0.4) is 0 Å². The van der Waals surface area contributed by atoms with Crippen LogP contribution in [0.4, 0.5) is 0 Å². The van der Waals surface area contributed by atoms with Crippen molar-refractivity contribution < 1.29 is 14.7 Å². The zero-order valence-corrected chi connectivity index (χ0v) is 14.0. The van der Waals surface area contributed by atoms with Crippen LogP contribution in [0.15, 0.2) is 30.3 Å². The summed E-state index contributed by atoms with van der Waals surface area (Å²) in [6.07, 6.45) is 0.287. The number of β-amino-alcohol motifs (C(OH)–C–C–N with tert-alkyl or cyclic N) is 1. The number of nitrogens with zero attached hydrogens (tertiary/aromatic N) is 1. The van der Waals surface area contributed by atoms with Crippen molar-refractivity contribution in [2.24, 2.45) is 11.8 Å². The summed E-state index contributed by atoms with van der Waals surface area (Å²) >= 11 is 0. The van der Waals surface area contributed by atoms with Gasteiger partial charge >= 0.3 is 0 Å². The summed E-state index contributed by atoms with van der Waals surface area (Å²) in [7, 11) is 0. The third-order valence-electron chi connectivity index (χ3n) is 4.49. The Balaban J connectivity index is 2.06. The van der Waals surface area contributed by atoms with Gasteiger partial charge in [-0.05, 0) is 30.4 Å². The van der Waals surface area contributed by atoms with Crippen LogP contribution in [0.5, 0.6) is 0 Å². The molecule has 2 amide bonds. The summed E-state index contributed by atoms with van der Waals surface area (Å²) in [6.45, 7) is 6.78. The molecule has 1 fully saturated rings. The number of amides is 2. The van der Waals surface area contributed by atoms with Gasteiger partial charge in [0.25, 0.3) is 5.91 Å². The van der Waals surface area contributed by atoms with Crippen molar-refractivity contribution in [1.82, 2.24) is 10.2 Å². The summed E-state index contributed by atoms with van der Waals surface area (Å²) in [5, 5.41) is 12.8. The minimum absolute atomic E-state index is 0.0216. The number of hydrogen-bond donors (Lipinski definition) is 2. The lowest BCUT2D eigenvalue weighted by molar-refractivity contribution is -0.138. The monoisotopic (exact) mass is 318 g/mol. The zero-order chi connectivity index (χ0) is 17.0. The van der Waals surface area contributed by atoms with Gasteiger partial charge in [-0.25, -0.2) is 0 Å². The minimum Gasteiger partial charge on any atom is -0.391 e. The highest BCUT2D eigenvalue weighted by molar-refractivity contribution is 5.97. The molecule has 0 aliphatic carbocycles. The van der Waals surface area contributed by atoms with E-state index in [1.165, 1.54) is 0 Å². The molecule has 23 heavy (non-hydrogen) atoms. The van der Waals surface area contributed by atoms with Crippen molar-refractivity contribution in [2.45, 2.75) is 39.3 Å². The predicted molar refractivity (Wildman–Crippen MR) is 88.9 cm³/mol. The maximum Gasteiger partial charge on any atom is 0.251 e. The van der Waals surface area contributed by atoms with Gasteiger partial charge in [0.1, 0.15) is 6.04 Å². The molecule has 2 rings (SSSR count). The van der Waals surface area contributed by atoms with Crippen molar-refractivity contribution in [1.29, 1.82) is 0 Å². The molecule has 1 aliphatic heterocycles. The van der Waals surface area contributed by atoms with E-state index in [-0.39, 0.29) is 23.7 Å². The molecule has 0 spiro atoms. The van der Waals surface area contributed by atoms with E-state index in [9.17, 15) is 14.7 Å². The molecule has 5 heteroatoms. The molecular formula is C18H26N2O3. The second kappa shape index (κ2) is 7.59. The third-order valence-corrected chi connectivity index (χ3v) is 4.49. The maximum atomic E-state index is 12.8. The van der Waals surface area contributed by atoms with Crippen molar-refractivity contribution in [3.05, 3.63) is 35.9 Å². The van der Waals surface area contributed by atoms with Crippen LogP contribution in [0.2, 0.25) is 0 Å². The fourth-order valence-electron chi connectivity index (χ4n) is 2.77. The standard InChI is InChI=1S/C18H26N2O3/c1-12(2)16(19-17(22)14-7-5-4-6-8-14)18(23)20-10-9-13(3)15(21)11-20/h4-8,12-13,15-16,21H,9-11H2,1-3H3,(H,19,22). The molecule has 3 unspecified atom stereocenters. The van der Waals surface area contributed by atoms with Crippen LogP contribution >= 0.6 is 0 Å². The summed E-state index contributed by atoms with van der Waals surface area (Å²) in [5.74, 6) is -0.180. The van der Waals surface area contributed by atoms with Gasteiger partial charge in [-0.2, -0.15) is 0 Å². The number of benzene rings is 1. The largest absolute Gasteiger partial charge is 0.391 e. The Hall–Kier alpha value is -1.88. The quantitative estimate of drug-likeness (QED) is 0.887. The molecule has 1 aliphatic rings. The molecule has 5 nitrogen and oxygen atoms in total. The molecule has 2 N–H and O–H groups in total. The molecule has 0 aromatic heterocycles. The van der Waals surface area contributed by atoms with Crippen molar-refractivity contribution in [3.63, 3.8) is 0 Å². The number of carbonyl (C=O) groups excluding carboxylic acids is 2. The SMILES string of the molecule is CC(C)C(NC(=O)c1ccccc1)C(=O)N1CCC(C)C(O)C1. The van der Waals surface area contributed by atoms with E-state index in [2.05, 4.69) is 5.32 Å². The number of aliphatic hydroxyl groups is 1. The number of hydrogen-bond acceptors (Lipinski definition) is 3. The second-order valence-corrected chi connectivity index (χ2v) is 6.68. The van der Waals surface area contributed by atoms with Gasteiger partial charge in [-0.3, -0.25) is 9.59 Å². The maximum absolute atomic E-state index is 12.8. The van der Waals surface area contributed by atoms with Gasteiger partial charge in [-0.1, -0.05) is 39.0 Å². The molecule has 1 aromatic carbocycles. The van der Waals surface area contributed by atoms with Gasteiger partial charge in [0.05, 0.1) is 6.10 Å². The fraction of sp³-hybridized carbons (Fsp3) is 0.556. The van der Waals surface area contributed by atoms with Crippen molar-refractivity contribution >= 4 is 11.8 Å². The Bertz CT molecular complexity index is 544. The molecule has 1 aromatic rings. The average Bonchev–Trinajstić information content (AvgIpc) is 2.54. The number of nitrogens with one attached hydrogen (secondary N) is 1. The van der Waals surface area contributed by atoms with Gasteiger partial charge in [0.2, 0.25) is 5.91 Å². The molecule has 0 saturated carbocycles. The van der Waals surface area contributed by atoms with E-state index in [0.29, 0.717) is 18.7 Å². The first kappa shape index (κ1) is 17.5. The first-order chi connectivity index (χ1) is 10.9. The van der Waals surface area contributed by atoms with E-state index >= 15 is 0 Å². The predicted octanol–water partition coefficient (Wildman–Crippen LogP) is 1.67. The molecule has 3 atom stereocenters. The van der Waals surface area contributed by atoms with Gasteiger partial charge in [0, 0.05) is 18.7 Å². The lowest BCUT2D eigenvalue weighted by Crippen LogP contribution is -2.55. The lowest BCUT2D eigenvalue weighted by atomic mass is 9.94. The highest BCUT2D eigenvalue weighted by atomic mass is 16.3. The average molecular weight is 318 g/mol. The number of carbonyl (C=O) groups is 2. The van der Waals surface area contributed by atoms with Crippen LogP contribution in [-0.2, 0) is 4.79 Å². The molecule has 1 heterocycles. The molecule has 0 radical (unpaired) electrons. The Morgan fingerprint density at radius 2 is 1.91 bits per heavy atom. The molecular weight excluding hydrogens is 292 g/mol. The normalized spacial score (nSPS) is 22.7. The number of likely N-dealkylation sites (tertiary alicyclic amines) is 1. The van der Waals surface area contributed by atoms with E-state index in [4.69, 9.17) is 0 Å². The van der Waals surface area contributed by atoms with Gasteiger partial charge < -0.3 is 15.3 Å². The zero-order valence-electron chi connectivity index (χ0n) is 14.0. The van der Waals surface area contributed by atoms with Crippen molar-refractivity contribution in [3.8, 4) is 0 Å². The summed E-state index contributed by atoms with van der Waals surface area (Å²) < 4.78 is 0. The number of piperidine rings is 1. The summed E-state index contributed by atoms with van der Waals surface area (Å²) in [5.41, 5.74) is 0.540. The van der Waals surface area contributed by atoms with Crippen molar-refractivity contribution in [2.75, 3.05) is 13.1 Å². The molecule has 0 bridgehead atoms. The summed E-state index contributed by atoms with van der Waals surface area (Å²) in [4.78, 5) is 26.8. The lowest BCUT2D eigenvalue weighted by Gasteiger charge is -2.37. The van der Waals surface area contributed by atoms with E-state index in [1.54, 1.807) is 29.2 Å². The van der Waals surface area contributed by atoms with E-state index in [0.717, 1.165) is 6.42 Å². The minimum atomic E-state index is -0.580.